The van der Waals surface area contributed by atoms with E-state index in [4.69, 9.17) is 0 Å². The zero-order valence-electron chi connectivity index (χ0n) is 25.2. The van der Waals surface area contributed by atoms with Crippen molar-refractivity contribution < 1.29 is 4.39 Å². The minimum Gasteiger partial charge on any atom is -0.205 e. The van der Waals surface area contributed by atoms with Crippen LogP contribution < -0.4 is 0 Å². The van der Waals surface area contributed by atoms with Gasteiger partial charge in [-0.2, -0.15) is 0 Å². The second kappa shape index (κ2) is 16.6. The average molecular weight is 539 g/mol. The molecule has 0 radical (unpaired) electrons. The SMILES string of the molecule is CCCCCCCC1CCC(CCc2ccc3c(F)c(C#Cc4ccc(CCCCCC)cc4)ccc3c2)CC1. The Hall–Kier alpha value is -2.59. The highest BCUT2D eigenvalue weighted by atomic mass is 19.1. The predicted molar refractivity (Wildman–Crippen MR) is 171 cm³/mol. The largest absolute Gasteiger partial charge is 0.205 e. The molecule has 3 aromatic rings. The van der Waals surface area contributed by atoms with Gasteiger partial charge in [0.05, 0.1) is 5.56 Å². The summed E-state index contributed by atoms with van der Waals surface area (Å²) in [5, 5.41) is 1.66. The van der Waals surface area contributed by atoms with Gasteiger partial charge in [0.2, 0.25) is 0 Å². The lowest BCUT2D eigenvalue weighted by atomic mass is 9.77. The van der Waals surface area contributed by atoms with Crippen LogP contribution >= 0.6 is 0 Å². The fourth-order valence-corrected chi connectivity index (χ4v) is 6.46. The van der Waals surface area contributed by atoms with Crippen molar-refractivity contribution in [3.8, 4) is 11.8 Å². The molecule has 0 aromatic heterocycles. The van der Waals surface area contributed by atoms with Crippen molar-refractivity contribution >= 4 is 10.8 Å². The van der Waals surface area contributed by atoms with Gasteiger partial charge in [0.1, 0.15) is 5.82 Å². The molecule has 0 nitrogen and oxygen atoms in total. The van der Waals surface area contributed by atoms with E-state index >= 15 is 4.39 Å². The summed E-state index contributed by atoms with van der Waals surface area (Å²) in [6, 6.07) is 18.6. The summed E-state index contributed by atoms with van der Waals surface area (Å²) in [6.45, 7) is 4.53. The lowest BCUT2D eigenvalue weighted by Gasteiger charge is -2.28. The number of hydrogen-bond acceptors (Lipinski definition) is 0. The van der Waals surface area contributed by atoms with Gasteiger partial charge in [0.15, 0.2) is 0 Å². The van der Waals surface area contributed by atoms with Crippen LogP contribution in [0, 0.1) is 29.5 Å². The number of aryl methyl sites for hydroxylation is 2. The Balaban J connectivity index is 1.26. The molecular formula is C39H51F. The summed E-state index contributed by atoms with van der Waals surface area (Å²) in [5.74, 6) is 7.89. The Bertz CT molecular complexity index is 1220. The van der Waals surface area contributed by atoms with Crippen molar-refractivity contribution in [3.05, 3.63) is 82.7 Å². The summed E-state index contributed by atoms with van der Waals surface area (Å²) in [7, 11) is 0. The highest BCUT2D eigenvalue weighted by molar-refractivity contribution is 5.85. The third kappa shape index (κ3) is 9.51. The van der Waals surface area contributed by atoms with Crippen molar-refractivity contribution in [1.29, 1.82) is 0 Å². The molecule has 1 heteroatoms. The number of halogens is 1. The van der Waals surface area contributed by atoms with E-state index in [1.807, 2.05) is 18.2 Å². The van der Waals surface area contributed by atoms with E-state index in [0.29, 0.717) is 10.9 Å². The van der Waals surface area contributed by atoms with E-state index in [2.05, 4.69) is 62.1 Å². The molecule has 1 saturated carbocycles. The molecule has 0 aliphatic heterocycles. The maximum atomic E-state index is 15.3. The van der Waals surface area contributed by atoms with Crippen molar-refractivity contribution in [3.63, 3.8) is 0 Å². The van der Waals surface area contributed by atoms with Crippen LogP contribution in [-0.2, 0) is 12.8 Å². The van der Waals surface area contributed by atoms with E-state index in [-0.39, 0.29) is 5.82 Å². The fraction of sp³-hybridized carbons (Fsp3) is 0.538. The van der Waals surface area contributed by atoms with E-state index in [0.717, 1.165) is 35.6 Å². The van der Waals surface area contributed by atoms with Crippen LogP contribution in [0.5, 0.6) is 0 Å². The summed E-state index contributed by atoms with van der Waals surface area (Å²) >= 11 is 0. The second-order valence-electron chi connectivity index (χ2n) is 12.4. The van der Waals surface area contributed by atoms with Crippen molar-refractivity contribution in [1.82, 2.24) is 0 Å². The lowest BCUT2D eigenvalue weighted by molar-refractivity contribution is 0.249. The first-order chi connectivity index (χ1) is 19.7. The van der Waals surface area contributed by atoms with Gasteiger partial charge in [0.25, 0.3) is 0 Å². The van der Waals surface area contributed by atoms with Gasteiger partial charge in [-0.05, 0) is 72.2 Å². The molecule has 40 heavy (non-hydrogen) atoms. The summed E-state index contributed by atoms with van der Waals surface area (Å²) in [5.41, 5.74) is 4.10. The topological polar surface area (TPSA) is 0 Å². The minimum atomic E-state index is -0.197. The Kier molecular flexibility index (Phi) is 12.6. The first kappa shape index (κ1) is 30.4. The molecular weight excluding hydrogens is 487 g/mol. The Morgan fingerprint density at radius 1 is 0.625 bits per heavy atom. The molecule has 0 atom stereocenters. The fourth-order valence-electron chi connectivity index (χ4n) is 6.46. The van der Waals surface area contributed by atoms with Gasteiger partial charge >= 0.3 is 0 Å². The van der Waals surface area contributed by atoms with Gasteiger partial charge in [-0.1, -0.05) is 146 Å². The normalized spacial score (nSPS) is 17.1. The maximum absolute atomic E-state index is 15.3. The highest BCUT2D eigenvalue weighted by Crippen LogP contribution is 2.34. The highest BCUT2D eigenvalue weighted by Gasteiger charge is 2.20. The van der Waals surface area contributed by atoms with Gasteiger partial charge in [-0.25, -0.2) is 4.39 Å². The van der Waals surface area contributed by atoms with Gasteiger partial charge in [-0.3, -0.25) is 0 Å². The van der Waals surface area contributed by atoms with E-state index < -0.39 is 0 Å². The third-order valence-corrected chi connectivity index (χ3v) is 9.16. The quantitative estimate of drug-likeness (QED) is 0.141. The van der Waals surface area contributed by atoms with Crippen LogP contribution in [0.3, 0.4) is 0 Å². The standard InChI is InChI=1S/C39H51F/c1-3-5-7-9-11-13-32-14-18-33(19-15-32)22-23-35-25-29-38-37(30-35)28-27-36(39(38)40)26-24-34-20-16-31(17-21-34)12-10-8-6-4-2/h16-17,20-21,25,27-30,32-33H,3-15,18-19,22-23H2,1-2H3. The third-order valence-electron chi connectivity index (χ3n) is 9.16. The van der Waals surface area contributed by atoms with Crippen LogP contribution in [0.2, 0.25) is 0 Å². The number of unbranched alkanes of at least 4 members (excludes halogenated alkanes) is 7. The molecule has 4 rings (SSSR count). The molecule has 1 aliphatic rings. The predicted octanol–water partition coefficient (Wildman–Crippen LogP) is 11.6. The van der Waals surface area contributed by atoms with Gasteiger partial charge < -0.3 is 0 Å². The van der Waals surface area contributed by atoms with E-state index in [1.54, 1.807) is 0 Å². The number of rotatable bonds is 14. The van der Waals surface area contributed by atoms with Crippen LogP contribution in [0.1, 0.15) is 132 Å². The van der Waals surface area contributed by atoms with E-state index in [9.17, 15) is 0 Å². The Labute approximate surface area is 244 Å². The molecule has 1 aliphatic carbocycles. The van der Waals surface area contributed by atoms with Crippen LogP contribution in [0.15, 0.2) is 54.6 Å². The monoisotopic (exact) mass is 538 g/mol. The zero-order valence-corrected chi connectivity index (χ0v) is 25.2. The van der Waals surface area contributed by atoms with Crippen LogP contribution in [0.25, 0.3) is 10.8 Å². The molecule has 0 N–H and O–H groups in total. The second-order valence-corrected chi connectivity index (χ2v) is 12.4. The molecule has 0 amide bonds. The summed E-state index contributed by atoms with van der Waals surface area (Å²) < 4.78 is 15.3. The van der Waals surface area contributed by atoms with E-state index in [1.165, 1.54) is 107 Å². The maximum Gasteiger partial charge on any atom is 0.146 e. The molecule has 3 aromatic carbocycles. The summed E-state index contributed by atoms with van der Waals surface area (Å²) in [4.78, 5) is 0. The zero-order chi connectivity index (χ0) is 28.0. The molecule has 0 heterocycles. The molecule has 1 fully saturated rings. The van der Waals surface area contributed by atoms with Crippen LogP contribution in [0.4, 0.5) is 4.39 Å². The number of benzene rings is 3. The molecule has 0 saturated heterocycles. The van der Waals surface area contributed by atoms with Crippen LogP contribution in [-0.4, -0.2) is 0 Å². The Morgan fingerprint density at radius 2 is 1.27 bits per heavy atom. The van der Waals surface area contributed by atoms with Gasteiger partial charge in [0, 0.05) is 10.9 Å². The van der Waals surface area contributed by atoms with Crippen molar-refractivity contribution in [2.24, 2.45) is 11.8 Å². The minimum absolute atomic E-state index is 0.197. The summed E-state index contributed by atoms with van der Waals surface area (Å²) in [6.07, 6.45) is 22.7. The molecule has 0 unspecified atom stereocenters. The molecule has 0 spiro atoms. The number of fused-ring (bicyclic) bond motifs is 1. The molecule has 214 valence electrons. The van der Waals surface area contributed by atoms with Crippen molar-refractivity contribution in [2.75, 3.05) is 0 Å². The lowest BCUT2D eigenvalue weighted by Crippen LogP contribution is -2.15. The smallest absolute Gasteiger partial charge is 0.146 e. The van der Waals surface area contributed by atoms with Crippen molar-refractivity contribution in [2.45, 2.75) is 123 Å². The first-order valence-electron chi connectivity index (χ1n) is 16.5. The number of hydrogen-bond donors (Lipinski definition) is 0. The first-order valence-corrected chi connectivity index (χ1v) is 16.5. The average Bonchev–Trinajstić information content (AvgIpc) is 2.99. The Morgan fingerprint density at radius 3 is 2.00 bits per heavy atom. The molecule has 0 bridgehead atoms. The van der Waals surface area contributed by atoms with Gasteiger partial charge in [-0.15, -0.1) is 0 Å².